The molecule has 2 rings (SSSR count). The first kappa shape index (κ1) is 20.6. The minimum Gasteiger partial charge on any atom is -0.298 e. The SMILES string of the molecule is CC(C)=CCC(C)(CCc1ccccc1)CC(=O)C1C(=O)NC(=O)NC1=O. The summed E-state index contributed by atoms with van der Waals surface area (Å²) in [4.78, 5) is 47.9. The highest BCUT2D eigenvalue weighted by Gasteiger charge is 2.41. The second-order valence-electron chi connectivity index (χ2n) is 7.67. The van der Waals surface area contributed by atoms with Crippen molar-refractivity contribution >= 4 is 23.6 Å². The minimum atomic E-state index is -1.47. The molecule has 1 aliphatic heterocycles. The molecular weight excluding hydrogens is 344 g/mol. The molecule has 0 saturated carbocycles. The molecule has 0 aromatic heterocycles. The third-order valence-electron chi connectivity index (χ3n) is 4.78. The number of rotatable bonds is 8. The Morgan fingerprint density at radius 1 is 1.07 bits per heavy atom. The zero-order valence-electron chi connectivity index (χ0n) is 16.0. The number of nitrogens with one attached hydrogen (secondary N) is 2. The van der Waals surface area contributed by atoms with Crippen molar-refractivity contribution in [2.75, 3.05) is 0 Å². The van der Waals surface area contributed by atoms with E-state index < -0.39 is 35.0 Å². The van der Waals surface area contributed by atoms with Gasteiger partial charge >= 0.3 is 6.03 Å². The first-order valence-electron chi connectivity index (χ1n) is 9.06. The summed E-state index contributed by atoms with van der Waals surface area (Å²) >= 11 is 0. The summed E-state index contributed by atoms with van der Waals surface area (Å²) in [7, 11) is 0. The van der Waals surface area contributed by atoms with Crippen molar-refractivity contribution in [2.24, 2.45) is 11.3 Å². The number of benzene rings is 1. The molecule has 0 aliphatic carbocycles. The molecule has 1 unspecified atom stereocenters. The van der Waals surface area contributed by atoms with Gasteiger partial charge in [0, 0.05) is 6.42 Å². The lowest BCUT2D eigenvalue weighted by Crippen LogP contribution is -2.58. The van der Waals surface area contributed by atoms with Crippen molar-refractivity contribution in [3.05, 3.63) is 47.5 Å². The molecule has 1 aromatic rings. The van der Waals surface area contributed by atoms with E-state index in [4.69, 9.17) is 0 Å². The largest absolute Gasteiger partial charge is 0.328 e. The Morgan fingerprint density at radius 2 is 1.67 bits per heavy atom. The standard InChI is InChI=1S/C21H26N2O4/c1-14(2)9-11-21(3,12-10-15-7-5-4-6-8-15)13-16(24)17-18(25)22-20(27)23-19(17)26/h4-9,17H,10-13H2,1-3H3,(H2,22,23,25,26,27). The zero-order chi connectivity index (χ0) is 20.0. The van der Waals surface area contributed by atoms with Crippen LogP contribution in [0.3, 0.4) is 0 Å². The van der Waals surface area contributed by atoms with Crippen LogP contribution < -0.4 is 10.6 Å². The van der Waals surface area contributed by atoms with Crippen LogP contribution >= 0.6 is 0 Å². The number of allylic oxidation sites excluding steroid dienone is 2. The van der Waals surface area contributed by atoms with Crippen molar-refractivity contribution in [3.8, 4) is 0 Å². The van der Waals surface area contributed by atoms with Gasteiger partial charge in [-0.25, -0.2) is 4.79 Å². The van der Waals surface area contributed by atoms with Crippen LogP contribution in [0.5, 0.6) is 0 Å². The van der Waals surface area contributed by atoms with Crippen molar-refractivity contribution in [1.29, 1.82) is 0 Å². The number of barbiturate groups is 1. The van der Waals surface area contributed by atoms with E-state index in [9.17, 15) is 19.2 Å². The molecule has 144 valence electrons. The lowest BCUT2D eigenvalue weighted by Gasteiger charge is -2.30. The van der Waals surface area contributed by atoms with Gasteiger partial charge in [0.05, 0.1) is 0 Å². The summed E-state index contributed by atoms with van der Waals surface area (Å²) in [5.41, 5.74) is 1.92. The number of Topliss-reactive ketones (excluding diaryl/α,β-unsaturated/α-hetero) is 1. The summed E-state index contributed by atoms with van der Waals surface area (Å²) in [6.07, 6.45) is 4.36. The molecule has 1 aliphatic rings. The maximum Gasteiger partial charge on any atom is 0.328 e. The number of hydrogen-bond acceptors (Lipinski definition) is 4. The first-order chi connectivity index (χ1) is 12.7. The Labute approximate surface area is 159 Å². The molecule has 4 amide bonds. The Kier molecular flexibility index (Phi) is 6.66. The number of urea groups is 1. The van der Waals surface area contributed by atoms with Gasteiger partial charge in [0.25, 0.3) is 0 Å². The van der Waals surface area contributed by atoms with E-state index in [1.807, 2.05) is 61.7 Å². The number of aryl methyl sites for hydroxylation is 1. The lowest BCUT2D eigenvalue weighted by molar-refractivity contribution is -0.143. The van der Waals surface area contributed by atoms with E-state index >= 15 is 0 Å². The van der Waals surface area contributed by atoms with E-state index in [0.29, 0.717) is 6.42 Å². The van der Waals surface area contributed by atoms with Crippen LogP contribution in [0.25, 0.3) is 0 Å². The van der Waals surface area contributed by atoms with Gasteiger partial charge < -0.3 is 0 Å². The van der Waals surface area contributed by atoms with E-state index in [-0.39, 0.29) is 6.42 Å². The highest BCUT2D eigenvalue weighted by atomic mass is 16.2. The van der Waals surface area contributed by atoms with Crippen LogP contribution in [0, 0.1) is 11.3 Å². The molecule has 6 nitrogen and oxygen atoms in total. The highest BCUT2D eigenvalue weighted by Crippen LogP contribution is 2.34. The molecule has 27 heavy (non-hydrogen) atoms. The molecular formula is C21H26N2O4. The predicted octanol–water partition coefficient (Wildman–Crippen LogP) is 2.92. The number of amides is 4. The molecule has 0 bridgehead atoms. The second-order valence-corrected chi connectivity index (χ2v) is 7.67. The van der Waals surface area contributed by atoms with Gasteiger partial charge in [-0.2, -0.15) is 0 Å². The van der Waals surface area contributed by atoms with E-state index in [2.05, 4.69) is 6.08 Å². The first-order valence-corrected chi connectivity index (χ1v) is 9.06. The summed E-state index contributed by atoms with van der Waals surface area (Å²) in [5, 5.41) is 3.98. The molecule has 0 spiro atoms. The molecule has 1 atom stereocenters. The minimum absolute atomic E-state index is 0.0866. The monoisotopic (exact) mass is 370 g/mol. The molecule has 0 radical (unpaired) electrons. The molecule has 6 heteroatoms. The average molecular weight is 370 g/mol. The topological polar surface area (TPSA) is 92.3 Å². The smallest absolute Gasteiger partial charge is 0.298 e. The molecule has 1 heterocycles. The van der Waals surface area contributed by atoms with Gasteiger partial charge in [-0.05, 0) is 44.1 Å². The van der Waals surface area contributed by atoms with Crippen molar-refractivity contribution in [1.82, 2.24) is 10.6 Å². The molecule has 1 aromatic carbocycles. The van der Waals surface area contributed by atoms with Crippen molar-refractivity contribution < 1.29 is 19.2 Å². The highest BCUT2D eigenvalue weighted by molar-refractivity contribution is 6.26. The van der Waals surface area contributed by atoms with Crippen LogP contribution in [-0.4, -0.2) is 23.6 Å². The molecule has 1 fully saturated rings. The average Bonchev–Trinajstić information content (AvgIpc) is 2.58. The van der Waals surface area contributed by atoms with Gasteiger partial charge in [-0.15, -0.1) is 0 Å². The normalized spacial score (nSPS) is 16.9. The third-order valence-corrected chi connectivity index (χ3v) is 4.78. The Balaban J connectivity index is 2.13. The number of carbonyl (C=O) groups excluding carboxylic acids is 4. The zero-order valence-corrected chi connectivity index (χ0v) is 16.0. The molecule has 1 saturated heterocycles. The van der Waals surface area contributed by atoms with Crippen LogP contribution in [0.1, 0.15) is 45.6 Å². The van der Waals surface area contributed by atoms with Crippen molar-refractivity contribution in [3.63, 3.8) is 0 Å². The number of ketones is 1. The van der Waals surface area contributed by atoms with Crippen LogP contribution in [0.4, 0.5) is 4.79 Å². The van der Waals surface area contributed by atoms with Gasteiger partial charge in [0.2, 0.25) is 11.8 Å². The summed E-state index contributed by atoms with van der Waals surface area (Å²) < 4.78 is 0. The van der Waals surface area contributed by atoms with Crippen LogP contribution in [0.15, 0.2) is 42.0 Å². The number of carbonyl (C=O) groups is 4. The van der Waals surface area contributed by atoms with E-state index in [0.717, 1.165) is 18.4 Å². The number of hydrogen-bond donors (Lipinski definition) is 2. The Morgan fingerprint density at radius 3 is 2.22 bits per heavy atom. The fourth-order valence-corrected chi connectivity index (χ4v) is 3.14. The Hall–Kier alpha value is -2.76. The Bertz CT molecular complexity index is 746. The summed E-state index contributed by atoms with van der Waals surface area (Å²) in [6.45, 7) is 5.98. The fourth-order valence-electron chi connectivity index (χ4n) is 3.14. The molecule has 2 N–H and O–H groups in total. The predicted molar refractivity (Wildman–Crippen MR) is 102 cm³/mol. The third kappa shape index (κ3) is 5.88. The van der Waals surface area contributed by atoms with Gasteiger partial charge in [-0.1, -0.05) is 48.9 Å². The van der Waals surface area contributed by atoms with Crippen LogP contribution in [-0.2, 0) is 20.8 Å². The lowest BCUT2D eigenvalue weighted by atomic mass is 9.74. The fraction of sp³-hybridized carbons (Fsp3) is 0.429. The second kappa shape index (κ2) is 8.75. The van der Waals surface area contributed by atoms with Gasteiger partial charge in [0.15, 0.2) is 11.7 Å². The maximum atomic E-state index is 12.7. The van der Waals surface area contributed by atoms with Gasteiger partial charge in [0.1, 0.15) is 0 Å². The van der Waals surface area contributed by atoms with E-state index in [1.54, 1.807) is 0 Å². The number of imide groups is 2. The van der Waals surface area contributed by atoms with E-state index in [1.165, 1.54) is 5.56 Å². The van der Waals surface area contributed by atoms with Gasteiger partial charge in [-0.3, -0.25) is 25.0 Å². The van der Waals surface area contributed by atoms with Crippen LogP contribution in [0.2, 0.25) is 0 Å². The van der Waals surface area contributed by atoms with Crippen molar-refractivity contribution in [2.45, 2.75) is 46.5 Å². The summed E-state index contributed by atoms with van der Waals surface area (Å²) in [6, 6.07) is 9.10. The maximum absolute atomic E-state index is 12.7. The summed E-state index contributed by atoms with van der Waals surface area (Å²) in [5.74, 6) is -3.62. The quantitative estimate of drug-likeness (QED) is 0.544.